The van der Waals surface area contributed by atoms with Gasteiger partial charge in [0.1, 0.15) is 0 Å². The van der Waals surface area contributed by atoms with Crippen LogP contribution in [0.4, 0.5) is 0 Å². The monoisotopic (exact) mass is 205 g/mol. The molecule has 2 bridgehead atoms. The fraction of sp³-hybridized carbons (Fsp3) is 0.267. The van der Waals surface area contributed by atoms with Crippen LogP contribution >= 0.6 is 0 Å². The van der Waals surface area contributed by atoms with Gasteiger partial charge in [0.2, 0.25) is 0 Å². The van der Waals surface area contributed by atoms with Gasteiger partial charge in [-0.1, -0.05) is 30.4 Å². The maximum atomic E-state index is 8.96. The van der Waals surface area contributed by atoms with Crippen molar-refractivity contribution in [2.45, 2.75) is 11.8 Å². The maximum Gasteiger partial charge on any atom is 0.0991 e. The van der Waals surface area contributed by atoms with Gasteiger partial charge in [-0.05, 0) is 35.1 Å². The van der Waals surface area contributed by atoms with Gasteiger partial charge in [0.05, 0.1) is 11.6 Å². The lowest BCUT2D eigenvalue weighted by Gasteiger charge is -2.48. The highest BCUT2D eigenvalue weighted by Crippen LogP contribution is 2.56. The zero-order valence-electron chi connectivity index (χ0n) is 8.80. The number of hydrogen-bond donors (Lipinski definition) is 0. The molecular formula is C15H11N. The van der Waals surface area contributed by atoms with Crippen LogP contribution in [0.25, 0.3) is 0 Å². The predicted molar refractivity (Wildman–Crippen MR) is 61.9 cm³/mol. The van der Waals surface area contributed by atoms with Gasteiger partial charge in [-0.2, -0.15) is 5.26 Å². The van der Waals surface area contributed by atoms with Crippen molar-refractivity contribution >= 4 is 0 Å². The summed E-state index contributed by atoms with van der Waals surface area (Å²) in [6.45, 7) is 0. The van der Waals surface area contributed by atoms with Crippen molar-refractivity contribution in [3.8, 4) is 6.07 Å². The molecule has 76 valence electrons. The molecule has 1 heteroatoms. The molecular weight excluding hydrogens is 194 g/mol. The van der Waals surface area contributed by atoms with Gasteiger partial charge < -0.3 is 0 Å². The third-order valence-electron chi connectivity index (χ3n) is 4.29. The maximum absolute atomic E-state index is 8.96. The second-order valence-electron chi connectivity index (χ2n) is 4.93. The highest BCUT2D eigenvalue weighted by Gasteiger charge is 2.45. The fourth-order valence-corrected chi connectivity index (χ4v) is 3.44. The van der Waals surface area contributed by atoms with E-state index in [1.807, 2.05) is 6.07 Å². The van der Waals surface area contributed by atoms with Gasteiger partial charge in [0, 0.05) is 11.8 Å². The molecule has 0 aliphatic heterocycles. The molecule has 0 saturated heterocycles. The Morgan fingerprint density at radius 3 is 2.19 bits per heavy atom. The Balaban J connectivity index is 1.95. The van der Waals surface area contributed by atoms with Crippen LogP contribution in [0.3, 0.4) is 0 Å². The fourth-order valence-electron chi connectivity index (χ4n) is 3.44. The zero-order valence-corrected chi connectivity index (χ0v) is 8.80. The van der Waals surface area contributed by atoms with E-state index in [-0.39, 0.29) is 0 Å². The molecule has 1 nitrogen and oxygen atoms in total. The van der Waals surface area contributed by atoms with Crippen molar-refractivity contribution in [3.63, 3.8) is 0 Å². The lowest BCUT2D eigenvalue weighted by atomic mass is 9.55. The number of benzene rings is 1. The lowest BCUT2D eigenvalue weighted by Crippen LogP contribution is -2.37. The second-order valence-corrected chi connectivity index (χ2v) is 4.93. The molecule has 0 radical (unpaired) electrons. The average molecular weight is 205 g/mol. The van der Waals surface area contributed by atoms with Crippen LogP contribution in [0.15, 0.2) is 42.5 Å². The van der Waals surface area contributed by atoms with E-state index in [2.05, 4.69) is 42.5 Å². The molecule has 5 rings (SSSR count). The third-order valence-corrected chi connectivity index (χ3v) is 4.29. The lowest BCUT2D eigenvalue weighted by molar-refractivity contribution is 0.317. The Bertz CT molecular complexity index is 574. The van der Waals surface area contributed by atoms with Crippen molar-refractivity contribution in [3.05, 3.63) is 59.2 Å². The molecule has 4 aliphatic carbocycles. The Kier molecular flexibility index (Phi) is 1.38. The molecule has 0 unspecified atom stereocenters. The van der Waals surface area contributed by atoms with Crippen LogP contribution in [0.2, 0.25) is 0 Å². The summed E-state index contributed by atoms with van der Waals surface area (Å²) in [5, 5.41) is 8.96. The standard InChI is InChI=1S/C15H11N/c16-8-9-1-2-13-11-5-6-14(15(13)7-9)12-4-3-10(11)12/h1-7,10-12,14H/t10-,11-,12+,14+/m1/s1. The smallest absolute Gasteiger partial charge is 0.0991 e. The van der Waals surface area contributed by atoms with Crippen LogP contribution in [0.5, 0.6) is 0 Å². The summed E-state index contributed by atoms with van der Waals surface area (Å²) in [7, 11) is 0. The van der Waals surface area contributed by atoms with E-state index >= 15 is 0 Å². The summed E-state index contributed by atoms with van der Waals surface area (Å²) in [4.78, 5) is 0. The first-order chi connectivity index (χ1) is 7.88. The molecule has 0 aromatic heterocycles. The first-order valence-corrected chi connectivity index (χ1v) is 5.79. The summed E-state index contributed by atoms with van der Waals surface area (Å²) in [5.74, 6) is 2.48. The van der Waals surface area contributed by atoms with E-state index in [4.69, 9.17) is 5.26 Å². The number of nitriles is 1. The van der Waals surface area contributed by atoms with Crippen LogP contribution in [0, 0.1) is 23.2 Å². The Morgan fingerprint density at radius 2 is 1.56 bits per heavy atom. The number of allylic oxidation sites excluding steroid dienone is 4. The van der Waals surface area contributed by atoms with Gasteiger partial charge in [-0.25, -0.2) is 0 Å². The predicted octanol–water partition coefficient (Wildman–Crippen LogP) is 3.11. The van der Waals surface area contributed by atoms with Gasteiger partial charge in [0.15, 0.2) is 0 Å². The number of rotatable bonds is 0. The summed E-state index contributed by atoms with van der Waals surface area (Å²) in [6, 6.07) is 8.42. The van der Waals surface area contributed by atoms with Crippen LogP contribution in [-0.4, -0.2) is 0 Å². The SMILES string of the molecule is N#Cc1ccc2c(c1)[C@H]1C=C[C@@H]2[C@H]2C=C[C@@H]21. The second kappa shape index (κ2) is 2.65. The molecule has 0 heterocycles. The minimum Gasteiger partial charge on any atom is -0.192 e. The topological polar surface area (TPSA) is 23.8 Å². The molecule has 1 aromatic carbocycles. The molecule has 0 fully saturated rings. The quantitative estimate of drug-likeness (QED) is 0.597. The number of nitrogens with zero attached hydrogens (tertiary/aromatic N) is 1. The highest BCUT2D eigenvalue weighted by molar-refractivity contribution is 5.53. The van der Waals surface area contributed by atoms with Crippen molar-refractivity contribution in [2.75, 3.05) is 0 Å². The molecule has 0 saturated carbocycles. The summed E-state index contributed by atoms with van der Waals surface area (Å²) >= 11 is 0. The van der Waals surface area contributed by atoms with Gasteiger partial charge in [-0.15, -0.1) is 0 Å². The van der Waals surface area contributed by atoms with Crippen molar-refractivity contribution in [1.82, 2.24) is 0 Å². The normalized spacial score (nSPS) is 36.2. The molecule has 0 spiro atoms. The average Bonchev–Trinajstić information content (AvgIpc) is 2.29. The van der Waals surface area contributed by atoms with E-state index in [0.29, 0.717) is 17.8 Å². The summed E-state index contributed by atoms with van der Waals surface area (Å²) < 4.78 is 0. The minimum atomic E-state index is 0.517. The van der Waals surface area contributed by atoms with Crippen LogP contribution in [-0.2, 0) is 0 Å². The van der Waals surface area contributed by atoms with Crippen LogP contribution in [0.1, 0.15) is 28.5 Å². The highest BCUT2D eigenvalue weighted by atomic mass is 14.5. The molecule has 1 aromatic rings. The van der Waals surface area contributed by atoms with E-state index in [1.54, 1.807) is 0 Å². The van der Waals surface area contributed by atoms with E-state index in [0.717, 1.165) is 11.5 Å². The van der Waals surface area contributed by atoms with Crippen molar-refractivity contribution in [2.24, 2.45) is 11.8 Å². The third kappa shape index (κ3) is 0.818. The van der Waals surface area contributed by atoms with Crippen LogP contribution < -0.4 is 0 Å². The zero-order chi connectivity index (χ0) is 10.7. The Hall–Kier alpha value is -1.81. The van der Waals surface area contributed by atoms with Gasteiger partial charge in [0.25, 0.3) is 0 Å². The Morgan fingerprint density at radius 1 is 0.875 bits per heavy atom. The van der Waals surface area contributed by atoms with Gasteiger partial charge >= 0.3 is 0 Å². The molecule has 16 heavy (non-hydrogen) atoms. The summed E-state index contributed by atoms with van der Waals surface area (Å²) in [5.41, 5.74) is 3.62. The minimum absolute atomic E-state index is 0.517. The van der Waals surface area contributed by atoms with E-state index in [9.17, 15) is 0 Å². The van der Waals surface area contributed by atoms with E-state index < -0.39 is 0 Å². The largest absolute Gasteiger partial charge is 0.192 e. The molecule has 4 aliphatic rings. The molecule has 4 atom stereocenters. The first kappa shape index (κ1) is 8.35. The summed E-state index contributed by atoms with van der Waals surface area (Å²) in [6.07, 6.45) is 9.35. The van der Waals surface area contributed by atoms with Crippen molar-refractivity contribution in [1.29, 1.82) is 5.26 Å². The first-order valence-electron chi connectivity index (χ1n) is 5.79. The molecule has 0 N–H and O–H groups in total. The van der Waals surface area contributed by atoms with Crippen molar-refractivity contribution < 1.29 is 0 Å². The molecule has 0 amide bonds. The number of hydrogen-bond acceptors (Lipinski definition) is 1. The van der Waals surface area contributed by atoms with E-state index in [1.165, 1.54) is 11.1 Å². The Labute approximate surface area is 94.7 Å². The van der Waals surface area contributed by atoms with Gasteiger partial charge in [-0.3, -0.25) is 0 Å².